The van der Waals surface area contributed by atoms with Gasteiger partial charge in [-0.25, -0.2) is 9.59 Å². The molecule has 1 aliphatic heterocycles. The van der Waals surface area contributed by atoms with Gasteiger partial charge in [-0.3, -0.25) is 9.69 Å². The first kappa shape index (κ1) is 27.4. The van der Waals surface area contributed by atoms with Gasteiger partial charge in [-0.1, -0.05) is 51.7 Å². The maximum atomic E-state index is 13.0. The van der Waals surface area contributed by atoms with Crippen LogP contribution in [0.25, 0.3) is 0 Å². The first-order valence-electron chi connectivity index (χ1n) is 12.3. The Morgan fingerprint density at radius 2 is 1.85 bits per heavy atom. The summed E-state index contributed by atoms with van der Waals surface area (Å²) in [6, 6.07) is 6.29. The van der Waals surface area contributed by atoms with E-state index in [0.29, 0.717) is 35.5 Å². The fourth-order valence-corrected chi connectivity index (χ4v) is 3.99. The molecular weight excluding hydrogens is 434 g/mol. The number of rotatable bonds is 14. The lowest BCUT2D eigenvalue weighted by Gasteiger charge is -2.35. The Morgan fingerprint density at radius 3 is 2.56 bits per heavy atom. The number of carbonyl (C=O) groups excluding carboxylic acids is 3. The van der Waals surface area contributed by atoms with Gasteiger partial charge in [0.15, 0.2) is 0 Å². The van der Waals surface area contributed by atoms with Crippen molar-refractivity contribution in [1.82, 2.24) is 10.2 Å². The van der Waals surface area contributed by atoms with Gasteiger partial charge in [0.05, 0.1) is 18.2 Å². The van der Waals surface area contributed by atoms with Gasteiger partial charge in [-0.05, 0) is 37.5 Å². The number of carbonyl (C=O) groups is 3. The maximum Gasteiger partial charge on any atom is 0.338 e. The highest BCUT2D eigenvalue weighted by atomic mass is 16.6. The Labute approximate surface area is 203 Å². The molecule has 0 spiro atoms. The lowest BCUT2D eigenvalue weighted by Crippen LogP contribution is -2.48. The molecule has 1 unspecified atom stereocenters. The van der Waals surface area contributed by atoms with E-state index < -0.39 is 12.0 Å². The van der Waals surface area contributed by atoms with E-state index in [-0.39, 0.29) is 25.2 Å². The highest BCUT2D eigenvalue weighted by Gasteiger charge is 2.36. The van der Waals surface area contributed by atoms with Crippen LogP contribution >= 0.6 is 0 Å². The van der Waals surface area contributed by atoms with Crippen LogP contribution in [0.4, 0.5) is 10.5 Å². The fraction of sp³-hybridized carbons (Fsp3) is 0.577. The molecule has 1 atom stereocenters. The van der Waals surface area contributed by atoms with Crippen molar-refractivity contribution in [2.45, 2.75) is 71.8 Å². The molecule has 2 N–H and O–H groups in total. The van der Waals surface area contributed by atoms with Gasteiger partial charge in [-0.2, -0.15) is 0 Å². The Kier molecular flexibility index (Phi) is 11.6. The number of hydrogen-bond acceptors (Lipinski definition) is 5. The van der Waals surface area contributed by atoms with Gasteiger partial charge in [0.25, 0.3) is 0 Å². The van der Waals surface area contributed by atoms with Crippen LogP contribution in [0.15, 0.2) is 35.5 Å². The monoisotopic (exact) mass is 473 g/mol. The Hall–Kier alpha value is -2.87. The summed E-state index contributed by atoms with van der Waals surface area (Å²) < 4.78 is 10.4. The van der Waals surface area contributed by atoms with Crippen LogP contribution in [0.5, 0.6) is 0 Å². The molecule has 0 saturated heterocycles. The van der Waals surface area contributed by atoms with E-state index in [1.54, 1.807) is 30.0 Å². The van der Waals surface area contributed by atoms with Crippen molar-refractivity contribution in [3.63, 3.8) is 0 Å². The number of hydrogen-bond donors (Lipinski definition) is 2. The first-order valence-corrected chi connectivity index (χ1v) is 12.3. The van der Waals surface area contributed by atoms with E-state index in [0.717, 1.165) is 25.7 Å². The number of benzene rings is 1. The van der Waals surface area contributed by atoms with Crippen molar-refractivity contribution in [2.24, 2.45) is 0 Å². The van der Waals surface area contributed by atoms with Crippen LogP contribution in [-0.4, -0.2) is 49.7 Å². The molecule has 0 saturated carbocycles. The molecule has 1 heterocycles. The van der Waals surface area contributed by atoms with Gasteiger partial charge in [0.1, 0.15) is 6.61 Å². The number of amides is 3. The van der Waals surface area contributed by atoms with Gasteiger partial charge < -0.3 is 20.1 Å². The standard InChI is InChI=1S/C26H39N3O5/c1-5-7-8-9-10-14-22(30)27-21-13-11-12-20(18-21)24-23(25(31)34-17-16-33-4)19(3)29(15-6-2)26(32)28-24/h11-13,18,24H,5-10,14-17H2,1-4H3,(H,27,30)(H,28,32). The molecule has 188 valence electrons. The zero-order valence-electron chi connectivity index (χ0n) is 20.9. The summed E-state index contributed by atoms with van der Waals surface area (Å²) in [7, 11) is 1.54. The average molecular weight is 474 g/mol. The minimum absolute atomic E-state index is 0.0404. The number of nitrogens with one attached hydrogen (secondary N) is 2. The molecule has 0 aromatic heterocycles. The van der Waals surface area contributed by atoms with Crippen LogP contribution in [0.3, 0.4) is 0 Å². The lowest BCUT2D eigenvalue weighted by molar-refractivity contribution is -0.141. The smallest absolute Gasteiger partial charge is 0.338 e. The molecule has 1 aromatic carbocycles. The average Bonchev–Trinajstić information content (AvgIpc) is 2.81. The minimum atomic E-state index is -0.679. The number of unbranched alkanes of at least 4 members (excludes halogenated alkanes) is 4. The van der Waals surface area contributed by atoms with Crippen molar-refractivity contribution in [1.29, 1.82) is 0 Å². The zero-order chi connectivity index (χ0) is 24.9. The second kappa shape index (κ2) is 14.4. The van der Waals surface area contributed by atoms with E-state index in [1.807, 2.05) is 13.0 Å². The molecule has 1 aromatic rings. The van der Waals surface area contributed by atoms with Crippen LogP contribution in [-0.2, 0) is 19.1 Å². The van der Waals surface area contributed by atoms with Crippen LogP contribution in [0.1, 0.15) is 77.3 Å². The third-order valence-corrected chi connectivity index (χ3v) is 5.80. The summed E-state index contributed by atoms with van der Waals surface area (Å²) in [4.78, 5) is 39.7. The number of allylic oxidation sites excluding steroid dienone is 1. The summed E-state index contributed by atoms with van der Waals surface area (Å²) in [5, 5.41) is 5.88. The maximum absolute atomic E-state index is 13.0. The SMILES string of the molecule is CCCCCCCC(=O)Nc1cccc(C2NC(=O)N(CCC)C(C)=C2C(=O)OCCOC)c1. The fourth-order valence-electron chi connectivity index (χ4n) is 3.99. The van der Waals surface area contributed by atoms with E-state index in [1.165, 1.54) is 20.0 Å². The Bertz CT molecular complexity index is 868. The third kappa shape index (κ3) is 7.87. The van der Waals surface area contributed by atoms with E-state index in [2.05, 4.69) is 17.6 Å². The largest absolute Gasteiger partial charge is 0.460 e. The molecule has 0 radical (unpaired) electrons. The second-order valence-electron chi connectivity index (χ2n) is 8.50. The van der Waals surface area contributed by atoms with Gasteiger partial charge in [0.2, 0.25) is 5.91 Å². The van der Waals surface area contributed by atoms with Crippen molar-refractivity contribution in [3.05, 3.63) is 41.1 Å². The zero-order valence-corrected chi connectivity index (χ0v) is 20.9. The molecule has 1 aliphatic rings. The number of urea groups is 1. The normalized spacial score (nSPS) is 15.8. The van der Waals surface area contributed by atoms with Gasteiger partial charge in [-0.15, -0.1) is 0 Å². The van der Waals surface area contributed by atoms with Gasteiger partial charge in [0, 0.05) is 31.5 Å². The predicted molar refractivity (Wildman–Crippen MR) is 132 cm³/mol. The number of methoxy groups -OCH3 is 1. The molecular formula is C26H39N3O5. The molecule has 8 heteroatoms. The Morgan fingerprint density at radius 1 is 1.09 bits per heavy atom. The van der Waals surface area contributed by atoms with Crippen molar-refractivity contribution in [3.8, 4) is 0 Å². The quantitative estimate of drug-likeness (QED) is 0.295. The predicted octanol–water partition coefficient (Wildman–Crippen LogP) is 4.93. The molecule has 0 bridgehead atoms. The van der Waals surface area contributed by atoms with E-state index in [4.69, 9.17) is 9.47 Å². The van der Waals surface area contributed by atoms with Crippen molar-refractivity contribution >= 4 is 23.6 Å². The number of anilines is 1. The second-order valence-corrected chi connectivity index (χ2v) is 8.50. The highest BCUT2D eigenvalue weighted by Crippen LogP contribution is 2.32. The summed E-state index contributed by atoms with van der Waals surface area (Å²) in [5.74, 6) is -0.538. The van der Waals surface area contributed by atoms with E-state index in [9.17, 15) is 14.4 Å². The molecule has 2 rings (SSSR count). The minimum Gasteiger partial charge on any atom is -0.460 e. The molecule has 0 fully saturated rings. The summed E-state index contributed by atoms with van der Waals surface area (Å²) in [6.45, 7) is 6.80. The van der Waals surface area contributed by atoms with Crippen LogP contribution in [0.2, 0.25) is 0 Å². The topological polar surface area (TPSA) is 97.0 Å². The number of ether oxygens (including phenoxy) is 2. The summed E-state index contributed by atoms with van der Waals surface area (Å²) >= 11 is 0. The van der Waals surface area contributed by atoms with Crippen LogP contribution < -0.4 is 10.6 Å². The van der Waals surface area contributed by atoms with Crippen LogP contribution in [0, 0.1) is 0 Å². The molecule has 8 nitrogen and oxygen atoms in total. The number of nitrogens with zero attached hydrogens (tertiary/aromatic N) is 1. The third-order valence-electron chi connectivity index (χ3n) is 5.80. The summed E-state index contributed by atoms with van der Waals surface area (Å²) in [5.41, 5.74) is 2.28. The molecule has 3 amide bonds. The van der Waals surface area contributed by atoms with Crippen molar-refractivity contribution in [2.75, 3.05) is 32.2 Å². The molecule has 0 aliphatic carbocycles. The number of esters is 1. The van der Waals surface area contributed by atoms with Crippen molar-refractivity contribution < 1.29 is 23.9 Å². The highest BCUT2D eigenvalue weighted by molar-refractivity contribution is 5.95. The Balaban J connectivity index is 2.21. The van der Waals surface area contributed by atoms with Gasteiger partial charge >= 0.3 is 12.0 Å². The molecule has 34 heavy (non-hydrogen) atoms. The lowest BCUT2D eigenvalue weighted by atomic mass is 9.94. The first-order chi connectivity index (χ1) is 16.4. The van der Waals surface area contributed by atoms with E-state index >= 15 is 0 Å². The summed E-state index contributed by atoms with van der Waals surface area (Å²) in [6.07, 6.45) is 6.62.